The molecule has 0 radical (unpaired) electrons. The van der Waals surface area contributed by atoms with Crippen LogP contribution in [0.2, 0.25) is 0 Å². The first-order valence-electron chi connectivity index (χ1n) is 11.9. The van der Waals surface area contributed by atoms with Gasteiger partial charge >= 0.3 is 5.97 Å². The summed E-state index contributed by atoms with van der Waals surface area (Å²) < 4.78 is 5.61. The summed E-state index contributed by atoms with van der Waals surface area (Å²) >= 11 is 0. The highest BCUT2D eigenvalue weighted by Gasteiger charge is 2.32. The molecule has 3 amide bonds. The Morgan fingerprint density at radius 2 is 1.42 bits per heavy atom. The number of nitrogens with one attached hydrogen (secondary N) is 3. The number of nitriles is 1. The molecule has 36 heavy (non-hydrogen) atoms. The van der Waals surface area contributed by atoms with Gasteiger partial charge in [-0.25, -0.2) is 4.79 Å². The Hall–Kier alpha value is -4.19. The zero-order chi connectivity index (χ0) is 25.9. The van der Waals surface area contributed by atoms with Crippen LogP contribution in [0.25, 0.3) is 0 Å². The maximum absolute atomic E-state index is 13.1. The third-order valence-corrected chi connectivity index (χ3v) is 5.84. The van der Waals surface area contributed by atoms with Gasteiger partial charge in [0.05, 0.1) is 12.5 Å². The van der Waals surface area contributed by atoms with E-state index in [9.17, 15) is 19.2 Å². The number of carbonyl (C=O) groups excluding carboxylic acids is 4. The summed E-state index contributed by atoms with van der Waals surface area (Å²) in [6.45, 7) is 1.51. The normalized spacial score (nSPS) is 23.4. The van der Waals surface area contributed by atoms with Crippen molar-refractivity contribution in [3.8, 4) is 6.07 Å². The van der Waals surface area contributed by atoms with Crippen LogP contribution >= 0.6 is 0 Å². The van der Waals surface area contributed by atoms with E-state index in [0.717, 1.165) is 11.1 Å². The van der Waals surface area contributed by atoms with Crippen LogP contribution in [0.15, 0.2) is 60.7 Å². The molecule has 0 unspecified atom stereocenters. The highest BCUT2D eigenvalue weighted by Crippen LogP contribution is 2.13. The molecule has 1 heterocycles. The van der Waals surface area contributed by atoms with E-state index < -0.39 is 47.9 Å². The summed E-state index contributed by atoms with van der Waals surface area (Å²) in [4.78, 5) is 52.0. The van der Waals surface area contributed by atoms with Crippen LogP contribution in [0.3, 0.4) is 0 Å². The number of cyclic esters (lactones) is 1. The van der Waals surface area contributed by atoms with Crippen molar-refractivity contribution in [2.45, 2.75) is 63.3 Å². The van der Waals surface area contributed by atoms with Gasteiger partial charge in [-0.3, -0.25) is 14.4 Å². The third-order valence-electron chi connectivity index (χ3n) is 5.84. The van der Waals surface area contributed by atoms with Gasteiger partial charge in [-0.2, -0.15) is 5.26 Å². The van der Waals surface area contributed by atoms with Crippen molar-refractivity contribution in [1.29, 1.82) is 5.26 Å². The standard InChI is InChI=1S/C27H30N4O5/c1-18-25(33)31-23(16-20-11-6-3-7-12-20)27(35)36-21(13-8-14-28)17-24(32)30-22(26(34)29-18)15-19-9-4-2-5-10-19/h2-7,9-12,18,21-23H,8,13,15-17H2,1H3,(H,29,34)(H,30,32)(H,31,33)/t18-,21-,22-,23-/m1/s1. The molecule has 0 aromatic heterocycles. The summed E-state index contributed by atoms with van der Waals surface area (Å²) in [6.07, 6.45) is -0.496. The smallest absolute Gasteiger partial charge is 0.329 e. The Kier molecular flexibility index (Phi) is 9.57. The fourth-order valence-electron chi connectivity index (χ4n) is 3.91. The fourth-order valence-corrected chi connectivity index (χ4v) is 3.91. The van der Waals surface area contributed by atoms with E-state index in [1.54, 1.807) is 0 Å². The molecule has 9 heteroatoms. The van der Waals surface area contributed by atoms with Crippen LogP contribution in [0, 0.1) is 11.3 Å². The van der Waals surface area contributed by atoms with E-state index in [1.807, 2.05) is 66.7 Å². The molecular formula is C27H30N4O5. The molecular weight excluding hydrogens is 460 g/mol. The van der Waals surface area contributed by atoms with Crippen LogP contribution in [0.4, 0.5) is 0 Å². The minimum atomic E-state index is -1.03. The van der Waals surface area contributed by atoms with Crippen molar-refractivity contribution in [2.24, 2.45) is 0 Å². The van der Waals surface area contributed by atoms with Gasteiger partial charge in [-0.05, 0) is 24.5 Å². The van der Waals surface area contributed by atoms with Crippen LogP contribution in [0.1, 0.15) is 37.3 Å². The minimum absolute atomic E-state index is 0.0753. The number of carbonyl (C=O) groups is 4. The first-order valence-corrected chi connectivity index (χ1v) is 11.9. The first-order chi connectivity index (χ1) is 17.4. The predicted octanol–water partition coefficient (Wildman–Crippen LogP) is 1.57. The predicted molar refractivity (Wildman–Crippen MR) is 131 cm³/mol. The number of nitrogens with zero attached hydrogens (tertiary/aromatic N) is 1. The van der Waals surface area contributed by atoms with Crippen molar-refractivity contribution in [1.82, 2.24) is 16.0 Å². The van der Waals surface area contributed by atoms with E-state index in [-0.39, 0.29) is 32.1 Å². The Morgan fingerprint density at radius 3 is 2.00 bits per heavy atom. The summed E-state index contributed by atoms with van der Waals surface area (Å²) in [5.41, 5.74) is 1.63. The van der Waals surface area contributed by atoms with Crippen LogP contribution < -0.4 is 16.0 Å². The number of esters is 1. The van der Waals surface area contributed by atoms with Crippen LogP contribution in [-0.2, 0) is 36.8 Å². The molecule has 188 valence electrons. The summed E-state index contributed by atoms with van der Waals surface area (Å²) in [7, 11) is 0. The molecule has 0 spiro atoms. The summed E-state index contributed by atoms with van der Waals surface area (Å²) in [6, 6.07) is 17.3. The molecule has 0 saturated carbocycles. The largest absolute Gasteiger partial charge is 0.460 e. The molecule has 0 aliphatic carbocycles. The lowest BCUT2D eigenvalue weighted by atomic mass is 10.0. The number of benzene rings is 2. The zero-order valence-electron chi connectivity index (χ0n) is 20.1. The molecule has 3 N–H and O–H groups in total. The Morgan fingerprint density at radius 1 is 0.833 bits per heavy atom. The highest BCUT2D eigenvalue weighted by atomic mass is 16.5. The van der Waals surface area contributed by atoms with E-state index in [0.29, 0.717) is 0 Å². The van der Waals surface area contributed by atoms with Gasteiger partial charge in [0.15, 0.2) is 0 Å². The number of hydrogen-bond acceptors (Lipinski definition) is 6. The molecule has 1 aliphatic heterocycles. The lowest BCUT2D eigenvalue weighted by molar-refractivity contribution is -0.154. The number of hydrogen-bond donors (Lipinski definition) is 3. The third kappa shape index (κ3) is 7.94. The molecule has 2 aromatic rings. The Bertz CT molecular complexity index is 1100. The maximum atomic E-state index is 13.1. The van der Waals surface area contributed by atoms with Gasteiger partial charge < -0.3 is 20.7 Å². The molecule has 0 bridgehead atoms. The van der Waals surface area contributed by atoms with Crippen molar-refractivity contribution in [2.75, 3.05) is 0 Å². The monoisotopic (exact) mass is 490 g/mol. The fraction of sp³-hybridized carbons (Fsp3) is 0.370. The average molecular weight is 491 g/mol. The van der Waals surface area contributed by atoms with Crippen molar-refractivity contribution in [3.05, 3.63) is 71.8 Å². The van der Waals surface area contributed by atoms with Crippen molar-refractivity contribution >= 4 is 23.7 Å². The lowest BCUT2D eigenvalue weighted by Crippen LogP contribution is -2.55. The van der Waals surface area contributed by atoms with E-state index in [2.05, 4.69) is 16.0 Å². The SMILES string of the molecule is C[C@H]1NC(=O)[C@@H](Cc2ccccc2)NC(=O)C[C@@H](CCC#N)OC(=O)[C@@H](Cc2ccccc2)NC1=O. The molecule has 4 atom stereocenters. The quantitative estimate of drug-likeness (QED) is 0.526. The van der Waals surface area contributed by atoms with Gasteiger partial charge in [0, 0.05) is 19.3 Å². The zero-order valence-corrected chi connectivity index (χ0v) is 20.1. The topological polar surface area (TPSA) is 137 Å². The maximum Gasteiger partial charge on any atom is 0.329 e. The average Bonchev–Trinajstić information content (AvgIpc) is 2.87. The van der Waals surface area contributed by atoms with Gasteiger partial charge in [-0.15, -0.1) is 0 Å². The van der Waals surface area contributed by atoms with E-state index in [4.69, 9.17) is 10.00 Å². The Labute approximate surface area is 210 Å². The molecule has 2 aromatic carbocycles. The van der Waals surface area contributed by atoms with Gasteiger partial charge in [-0.1, -0.05) is 60.7 Å². The molecule has 1 fully saturated rings. The minimum Gasteiger partial charge on any atom is -0.460 e. The van der Waals surface area contributed by atoms with E-state index >= 15 is 0 Å². The number of amides is 3. The van der Waals surface area contributed by atoms with Crippen molar-refractivity contribution in [3.63, 3.8) is 0 Å². The summed E-state index contributed by atoms with van der Waals surface area (Å²) in [5.74, 6) is -2.28. The number of ether oxygens (including phenoxy) is 1. The number of rotatable bonds is 6. The lowest BCUT2D eigenvalue weighted by Gasteiger charge is -2.23. The second-order valence-corrected chi connectivity index (χ2v) is 8.75. The van der Waals surface area contributed by atoms with Crippen LogP contribution in [0.5, 0.6) is 0 Å². The van der Waals surface area contributed by atoms with Gasteiger partial charge in [0.25, 0.3) is 0 Å². The molecule has 9 nitrogen and oxygen atoms in total. The van der Waals surface area contributed by atoms with E-state index in [1.165, 1.54) is 6.92 Å². The van der Waals surface area contributed by atoms with Gasteiger partial charge in [0.1, 0.15) is 24.2 Å². The first kappa shape index (κ1) is 26.4. The van der Waals surface area contributed by atoms with Gasteiger partial charge in [0.2, 0.25) is 17.7 Å². The highest BCUT2D eigenvalue weighted by molar-refractivity contribution is 5.94. The second-order valence-electron chi connectivity index (χ2n) is 8.75. The molecule has 1 saturated heterocycles. The summed E-state index contributed by atoms with van der Waals surface area (Å²) in [5, 5.41) is 17.0. The van der Waals surface area contributed by atoms with Crippen molar-refractivity contribution < 1.29 is 23.9 Å². The Balaban J connectivity index is 1.87. The molecule has 1 aliphatic rings. The molecule has 3 rings (SSSR count). The van der Waals surface area contributed by atoms with Crippen LogP contribution in [-0.4, -0.2) is 47.9 Å². The second kappa shape index (κ2) is 13.0.